The molecule has 0 aliphatic rings. The third-order valence-electron chi connectivity index (χ3n) is 2.56. The van der Waals surface area contributed by atoms with Crippen molar-refractivity contribution in [2.75, 3.05) is 6.54 Å². The predicted molar refractivity (Wildman–Crippen MR) is 61.7 cm³/mol. The van der Waals surface area contributed by atoms with Crippen molar-refractivity contribution in [3.05, 3.63) is 0 Å². The molecule has 0 aromatic rings. The number of nitrogens with one attached hydrogen (secondary N) is 1. The molecule has 0 fully saturated rings. The van der Waals surface area contributed by atoms with Crippen LogP contribution in [0.1, 0.15) is 20.8 Å². The Hall–Kier alpha value is -2.00. The number of hydrogen-bond acceptors (Lipinski definition) is 3. The fourth-order valence-corrected chi connectivity index (χ4v) is 1.19. The second kappa shape index (κ2) is 5.97. The minimum atomic E-state index is -5.20. The molecule has 1 unspecified atom stereocenters. The van der Waals surface area contributed by atoms with Gasteiger partial charge in [0.05, 0.1) is 0 Å². The van der Waals surface area contributed by atoms with E-state index in [1.807, 2.05) is 0 Å². The Labute approximate surface area is 112 Å². The van der Waals surface area contributed by atoms with Crippen molar-refractivity contribution >= 4 is 17.9 Å². The maximum absolute atomic E-state index is 12.7. The van der Waals surface area contributed by atoms with E-state index < -0.39 is 42.2 Å². The normalized spacial score (nSPS) is 14.6. The van der Waals surface area contributed by atoms with Crippen LogP contribution in [0.15, 0.2) is 0 Å². The van der Waals surface area contributed by atoms with Crippen molar-refractivity contribution in [3.63, 3.8) is 0 Å². The maximum Gasteiger partial charge on any atom is 0.422 e. The minimum absolute atomic E-state index is 0.315. The second-order valence-corrected chi connectivity index (χ2v) is 4.55. The van der Waals surface area contributed by atoms with Gasteiger partial charge < -0.3 is 21.1 Å². The van der Waals surface area contributed by atoms with Crippen LogP contribution in [0.2, 0.25) is 0 Å². The van der Waals surface area contributed by atoms with Gasteiger partial charge in [0.15, 0.2) is 0 Å². The Balaban J connectivity index is 5.28. The molecule has 20 heavy (non-hydrogen) atoms. The van der Waals surface area contributed by atoms with Gasteiger partial charge in [0.1, 0.15) is 6.54 Å². The maximum atomic E-state index is 12.7. The number of nitrogens with two attached hydrogens (primary N) is 1. The Morgan fingerprint density at radius 1 is 1.30 bits per heavy atom. The van der Waals surface area contributed by atoms with Gasteiger partial charge >= 0.3 is 18.2 Å². The van der Waals surface area contributed by atoms with Gasteiger partial charge in [-0.1, -0.05) is 0 Å². The van der Waals surface area contributed by atoms with Gasteiger partial charge in [-0.15, -0.1) is 0 Å². The van der Waals surface area contributed by atoms with Crippen molar-refractivity contribution in [2.24, 2.45) is 5.73 Å². The van der Waals surface area contributed by atoms with Crippen LogP contribution in [0.25, 0.3) is 0 Å². The van der Waals surface area contributed by atoms with Gasteiger partial charge in [-0.25, -0.2) is 9.59 Å². The summed E-state index contributed by atoms with van der Waals surface area (Å²) in [5.74, 6) is -3.20. The number of alkyl halides is 3. The second-order valence-electron chi connectivity index (χ2n) is 4.55. The molecule has 0 saturated heterocycles. The molecule has 0 spiro atoms. The van der Waals surface area contributed by atoms with E-state index >= 15 is 0 Å². The number of primary amides is 1. The predicted octanol–water partition coefficient (Wildman–Crippen LogP) is 0.297. The molecule has 0 heterocycles. The molecule has 0 saturated carbocycles. The number of carbonyl (C=O) groups excluding carboxylic acids is 2. The number of nitrogens with zero attached hydrogens (tertiary/aromatic N) is 1. The number of carboxylic acids is 1. The molecule has 4 N–H and O–H groups in total. The van der Waals surface area contributed by atoms with Crippen molar-refractivity contribution in [1.29, 1.82) is 0 Å². The summed E-state index contributed by atoms with van der Waals surface area (Å²) < 4.78 is 38.2. The lowest BCUT2D eigenvalue weighted by molar-refractivity contribution is -0.203. The molecule has 0 aromatic carbocycles. The largest absolute Gasteiger partial charge is 0.479 e. The lowest BCUT2D eigenvalue weighted by atomic mass is 10.0. The molecule has 3 amide bonds. The van der Waals surface area contributed by atoms with E-state index in [0.29, 0.717) is 11.8 Å². The van der Waals surface area contributed by atoms with Crippen LogP contribution in [0.4, 0.5) is 18.0 Å². The molecular weight excluding hydrogens is 283 g/mol. The highest BCUT2D eigenvalue weighted by molar-refractivity contribution is 5.89. The molecule has 0 rings (SSSR count). The quantitative estimate of drug-likeness (QED) is 0.677. The number of amides is 3. The molecular formula is C10H16F3N3O4. The highest BCUT2D eigenvalue weighted by atomic mass is 19.4. The number of aliphatic carboxylic acids is 1. The number of carboxylic acid groups (broad SMARTS) is 1. The monoisotopic (exact) mass is 299 g/mol. The zero-order valence-corrected chi connectivity index (χ0v) is 11.1. The zero-order valence-electron chi connectivity index (χ0n) is 11.1. The number of halogens is 3. The minimum Gasteiger partial charge on any atom is -0.479 e. The van der Waals surface area contributed by atoms with Gasteiger partial charge in [-0.2, -0.15) is 13.2 Å². The van der Waals surface area contributed by atoms with E-state index in [4.69, 9.17) is 10.8 Å². The summed E-state index contributed by atoms with van der Waals surface area (Å²) in [5.41, 5.74) is 1.42. The van der Waals surface area contributed by atoms with E-state index in [1.165, 1.54) is 19.2 Å². The van der Waals surface area contributed by atoms with Gasteiger partial charge in [0.25, 0.3) is 0 Å². The third-order valence-corrected chi connectivity index (χ3v) is 2.56. The number of hydrogen-bond donors (Lipinski definition) is 3. The first-order valence-corrected chi connectivity index (χ1v) is 5.50. The summed E-state index contributed by atoms with van der Waals surface area (Å²) in [6.45, 7) is 2.56. The van der Waals surface area contributed by atoms with E-state index in [-0.39, 0.29) is 0 Å². The summed E-state index contributed by atoms with van der Waals surface area (Å²) in [6, 6.07) is -1.99. The van der Waals surface area contributed by atoms with Crippen LogP contribution in [-0.4, -0.2) is 52.2 Å². The van der Waals surface area contributed by atoms with Gasteiger partial charge in [-0.3, -0.25) is 4.79 Å². The number of rotatable bonds is 5. The van der Waals surface area contributed by atoms with Crippen LogP contribution in [0.3, 0.4) is 0 Å². The van der Waals surface area contributed by atoms with Crippen LogP contribution in [-0.2, 0) is 9.59 Å². The fourth-order valence-electron chi connectivity index (χ4n) is 1.19. The Kier molecular flexibility index (Phi) is 5.37. The molecule has 7 nitrogen and oxygen atoms in total. The van der Waals surface area contributed by atoms with E-state index in [9.17, 15) is 27.6 Å². The van der Waals surface area contributed by atoms with Crippen LogP contribution in [0, 0.1) is 0 Å². The average Bonchev–Trinajstić information content (AvgIpc) is 2.22. The molecule has 0 aliphatic heterocycles. The first-order valence-electron chi connectivity index (χ1n) is 5.50. The average molecular weight is 299 g/mol. The molecule has 0 radical (unpaired) electrons. The SMILES string of the molecule is CC(C)N(CC(N)=O)C(=O)NC(C)(C(=O)O)C(F)(F)F. The van der Waals surface area contributed by atoms with Crippen LogP contribution in [0.5, 0.6) is 0 Å². The highest BCUT2D eigenvalue weighted by Crippen LogP contribution is 2.30. The van der Waals surface area contributed by atoms with E-state index in [1.54, 1.807) is 0 Å². The van der Waals surface area contributed by atoms with Gasteiger partial charge in [0.2, 0.25) is 11.4 Å². The third kappa shape index (κ3) is 4.00. The Morgan fingerprint density at radius 3 is 2.00 bits per heavy atom. The lowest BCUT2D eigenvalue weighted by Gasteiger charge is -2.33. The number of carbonyl (C=O) groups is 3. The van der Waals surface area contributed by atoms with Crippen molar-refractivity contribution in [2.45, 2.75) is 38.5 Å². The van der Waals surface area contributed by atoms with Crippen LogP contribution >= 0.6 is 0 Å². The highest BCUT2D eigenvalue weighted by Gasteiger charge is 2.59. The first kappa shape index (κ1) is 18.0. The van der Waals surface area contributed by atoms with Crippen molar-refractivity contribution < 1.29 is 32.7 Å². The molecule has 0 aromatic heterocycles. The lowest BCUT2D eigenvalue weighted by Crippen LogP contribution is -2.65. The van der Waals surface area contributed by atoms with Gasteiger partial charge in [-0.05, 0) is 20.8 Å². The molecule has 1 atom stereocenters. The number of urea groups is 1. The Bertz CT molecular complexity index is 411. The summed E-state index contributed by atoms with van der Waals surface area (Å²) in [7, 11) is 0. The molecule has 0 aliphatic carbocycles. The van der Waals surface area contributed by atoms with E-state index in [0.717, 1.165) is 0 Å². The molecule has 0 bridgehead atoms. The first-order chi connectivity index (χ1) is 8.83. The topological polar surface area (TPSA) is 113 Å². The molecule has 116 valence electrons. The summed E-state index contributed by atoms with van der Waals surface area (Å²) in [4.78, 5) is 34.0. The van der Waals surface area contributed by atoms with Crippen molar-refractivity contribution in [1.82, 2.24) is 10.2 Å². The summed E-state index contributed by atoms with van der Waals surface area (Å²) >= 11 is 0. The smallest absolute Gasteiger partial charge is 0.422 e. The summed E-state index contributed by atoms with van der Waals surface area (Å²) in [5, 5.41) is 10.0. The van der Waals surface area contributed by atoms with E-state index in [2.05, 4.69) is 0 Å². The Morgan fingerprint density at radius 2 is 1.75 bits per heavy atom. The molecule has 10 heteroatoms. The van der Waals surface area contributed by atoms with Crippen LogP contribution < -0.4 is 11.1 Å². The zero-order chi connectivity index (χ0) is 16.3. The fraction of sp³-hybridized carbons (Fsp3) is 0.700. The summed E-state index contributed by atoms with van der Waals surface area (Å²) in [6.07, 6.45) is -5.20. The standard InChI is InChI=1S/C10H16F3N3O4/c1-5(2)16(4-6(14)17)8(20)15-9(3,7(18)19)10(11,12)13/h5H,4H2,1-3H3,(H2,14,17)(H,15,20)(H,18,19). The van der Waals surface area contributed by atoms with Crippen molar-refractivity contribution in [3.8, 4) is 0 Å². The van der Waals surface area contributed by atoms with Gasteiger partial charge in [0, 0.05) is 6.04 Å².